The Labute approximate surface area is 129 Å². The molecule has 0 N–H and O–H groups in total. The molecule has 2 aromatic rings. The van der Waals surface area contributed by atoms with Crippen molar-refractivity contribution in [2.75, 3.05) is 18.0 Å². The minimum atomic E-state index is 0.134. The van der Waals surface area contributed by atoms with Crippen LogP contribution in [0.3, 0.4) is 0 Å². The second-order valence-electron chi connectivity index (χ2n) is 6.42. The number of carbonyl (C=O) groups is 1. The Bertz CT molecular complexity index is 633. The molecule has 0 amide bonds. The van der Waals surface area contributed by atoms with Gasteiger partial charge in [-0.2, -0.15) is 0 Å². The molecule has 0 radical (unpaired) electrons. The van der Waals surface area contributed by atoms with Crippen LogP contribution in [0.4, 0.5) is 5.13 Å². The van der Waals surface area contributed by atoms with E-state index in [2.05, 4.69) is 23.7 Å². The molecule has 1 saturated heterocycles. The topological polar surface area (TPSA) is 33.2 Å². The number of hydrogen-bond acceptors (Lipinski definition) is 4. The number of ketones is 1. The highest BCUT2D eigenvalue weighted by Gasteiger charge is 2.30. The summed E-state index contributed by atoms with van der Waals surface area (Å²) in [5, 5.41) is 3.07. The third-order valence-corrected chi connectivity index (χ3v) is 4.88. The third-order valence-electron chi connectivity index (χ3n) is 3.92. The number of thiazole rings is 1. The van der Waals surface area contributed by atoms with Crippen LogP contribution < -0.4 is 4.90 Å². The highest BCUT2D eigenvalue weighted by atomic mass is 32.1. The molecule has 21 heavy (non-hydrogen) atoms. The summed E-state index contributed by atoms with van der Waals surface area (Å²) in [6.45, 7) is 6.69. The molecule has 1 aromatic heterocycles. The minimum Gasteiger partial charge on any atom is -0.348 e. The van der Waals surface area contributed by atoms with E-state index in [1.54, 1.807) is 11.3 Å². The lowest BCUT2D eigenvalue weighted by molar-refractivity contribution is 0.0992. The van der Waals surface area contributed by atoms with Crippen LogP contribution >= 0.6 is 11.3 Å². The summed E-state index contributed by atoms with van der Waals surface area (Å²) in [4.78, 5) is 19.2. The molecule has 3 rings (SSSR count). The fourth-order valence-corrected chi connectivity index (χ4v) is 3.54. The quantitative estimate of drug-likeness (QED) is 0.805. The first-order chi connectivity index (χ1) is 10.0. The van der Waals surface area contributed by atoms with Gasteiger partial charge in [0.05, 0.1) is 12.1 Å². The summed E-state index contributed by atoms with van der Waals surface area (Å²) < 4.78 is 0. The Morgan fingerprint density at radius 1 is 1.33 bits per heavy atom. The zero-order valence-corrected chi connectivity index (χ0v) is 13.3. The molecule has 0 unspecified atom stereocenters. The van der Waals surface area contributed by atoms with Gasteiger partial charge in [-0.15, -0.1) is 11.3 Å². The summed E-state index contributed by atoms with van der Waals surface area (Å²) in [5.41, 5.74) is 2.01. The van der Waals surface area contributed by atoms with E-state index >= 15 is 0 Å². The van der Waals surface area contributed by atoms with Crippen LogP contribution in [0.1, 0.15) is 36.3 Å². The molecule has 1 aromatic carbocycles. The van der Waals surface area contributed by atoms with Crippen LogP contribution in [-0.4, -0.2) is 23.9 Å². The number of nitrogens with zero attached hydrogens (tertiary/aromatic N) is 2. The van der Waals surface area contributed by atoms with E-state index in [-0.39, 0.29) is 5.78 Å². The molecular formula is C17H20N2OS. The second-order valence-corrected chi connectivity index (χ2v) is 7.26. The normalized spacial score (nSPS) is 17.1. The van der Waals surface area contributed by atoms with Crippen molar-refractivity contribution in [2.24, 2.45) is 5.41 Å². The van der Waals surface area contributed by atoms with Gasteiger partial charge in [0.15, 0.2) is 10.9 Å². The first kappa shape index (κ1) is 14.3. The molecule has 4 heteroatoms. The highest BCUT2D eigenvalue weighted by molar-refractivity contribution is 7.13. The van der Waals surface area contributed by atoms with Crippen molar-refractivity contribution in [1.29, 1.82) is 0 Å². The van der Waals surface area contributed by atoms with Crippen molar-refractivity contribution in [1.82, 2.24) is 4.98 Å². The summed E-state index contributed by atoms with van der Waals surface area (Å²) in [6.07, 6.45) is 1.59. The number of Topliss-reactive ketones (excluding diaryl/α,β-unsaturated/α-hetero) is 1. The van der Waals surface area contributed by atoms with Gasteiger partial charge in [0.1, 0.15) is 0 Å². The van der Waals surface area contributed by atoms with Crippen molar-refractivity contribution in [3.8, 4) is 0 Å². The van der Waals surface area contributed by atoms with Gasteiger partial charge in [0.2, 0.25) is 0 Å². The maximum Gasteiger partial charge on any atom is 0.185 e. The van der Waals surface area contributed by atoms with E-state index < -0.39 is 0 Å². The van der Waals surface area contributed by atoms with Crippen LogP contribution in [0, 0.1) is 5.41 Å². The van der Waals surface area contributed by atoms with E-state index in [0.717, 1.165) is 29.5 Å². The minimum absolute atomic E-state index is 0.134. The SMILES string of the molecule is CC1(C)CCN(c2nc(CC(=O)c3ccccc3)cs2)C1. The number of aromatic nitrogens is 1. The van der Waals surface area contributed by atoms with Gasteiger partial charge in [0, 0.05) is 24.0 Å². The van der Waals surface area contributed by atoms with E-state index in [0.29, 0.717) is 11.8 Å². The van der Waals surface area contributed by atoms with Crippen LogP contribution in [0.5, 0.6) is 0 Å². The monoisotopic (exact) mass is 300 g/mol. The van der Waals surface area contributed by atoms with E-state index in [9.17, 15) is 4.79 Å². The van der Waals surface area contributed by atoms with Gasteiger partial charge in [-0.25, -0.2) is 4.98 Å². The Kier molecular flexibility index (Phi) is 3.81. The molecule has 1 aliphatic rings. The van der Waals surface area contributed by atoms with Crippen molar-refractivity contribution in [3.63, 3.8) is 0 Å². The van der Waals surface area contributed by atoms with E-state index in [1.807, 2.05) is 35.7 Å². The highest BCUT2D eigenvalue weighted by Crippen LogP contribution is 2.33. The number of rotatable bonds is 4. The zero-order valence-electron chi connectivity index (χ0n) is 12.5. The first-order valence-electron chi connectivity index (χ1n) is 7.31. The summed E-state index contributed by atoms with van der Waals surface area (Å²) in [6, 6.07) is 9.43. The standard InChI is InChI=1S/C17H20N2OS/c1-17(2)8-9-19(12-17)16-18-14(11-21-16)10-15(20)13-6-4-3-5-7-13/h3-7,11H,8-10,12H2,1-2H3. The lowest BCUT2D eigenvalue weighted by Gasteiger charge is -2.18. The maximum atomic E-state index is 12.2. The smallest absolute Gasteiger partial charge is 0.185 e. The summed E-state index contributed by atoms with van der Waals surface area (Å²) >= 11 is 1.65. The lowest BCUT2D eigenvalue weighted by atomic mass is 9.93. The molecule has 1 aliphatic heterocycles. The number of anilines is 1. The largest absolute Gasteiger partial charge is 0.348 e. The molecule has 0 saturated carbocycles. The Morgan fingerprint density at radius 2 is 2.10 bits per heavy atom. The maximum absolute atomic E-state index is 12.2. The molecule has 1 fully saturated rings. The molecule has 0 aliphatic carbocycles. The van der Waals surface area contributed by atoms with Gasteiger partial charge < -0.3 is 4.90 Å². The fourth-order valence-electron chi connectivity index (χ4n) is 2.69. The summed E-state index contributed by atoms with van der Waals surface area (Å²) in [7, 11) is 0. The van der Waals surface area contributed by atoms with Gasteiger partial charge in [0.25, 0.3) is 0 Å². The number of benzene rings is 1. The molecule has 0 spiro atoms. The van der Waals surface area contributed by atoms with Crippen molar-refractivity contribution >= 4 is 22.3 Å². The van der Waals surface area contributed by atoms with Crippen LogP contribution in [0.15, 0.2) is 35.7 Å². The fraction of sp³-hybridized carbons (Fsp3) is 0.412. The van der Waals surface area contributed by atoms with Crippen LogP contribution in [0.25, 0.3) is 0 Å². The van der Waals surface area contributed by atoms with Gasteiger partial charge in [-0.1, -0.05) is 44.2 Å². The Morgan fingerprint density at radius 3 is 2.76 bits per heavy atom. The third kappa shape index (κ3) is 3.32. The molecule has 2 heterocycles. The zero-order chi connectivity index (χ0) is 14.9. The first-order valence-corrected chi connectivity index (χ1v) is 8.19. The van der Waals surface area contributed by atoms with Crippen LogP contribution in [-0.2, 0) is 6.42 Å². The van der Waals surface area contributed by atoms with Gasteiger partial charge in [-0.3, -0.25) is 4.79 Å². The molecule has 0 atom stereocenters. The molecular weight excluding hydrogens is 280 g/mol. The lowest BCUT2D eigenvalue weighted by Crippen LogP contribution is -2.22. The van der Waals surface area contributed by atoms with E-state index in [4.69, 9.17) is 0 Å². The molecule has 110 valence electrons. The van der Waals surface area contributed by atoms with E-state index in [1.165, 1.54) is 6.42 Å². The average molecular weight is 300 g/mol. The van der Waals surface area contributed by atoms with Crippen molar-refractivity contribution in [3.05, 3.63) is 47.0 Å². The second kappa shape index (κ2) is 5.60. The van der Waals surface area contributed by atoms with Crippen molar-refractivity contribution in [2.45, 2.75) is 26.7 Å². The Balaban J connectivity index is 1.67. The Hall–Kier alpha value is -1.68. The van der Waals surface area contributed by atoms with Gasteiger partial charge in [-0.05, 0) is 11.8 Å². The molecule has 0 bridgehead atoms. The summed E-state index contributed by atoms with van der Waals surface area (Å²) in [5.74, 6) is 0.134. The van der Waals surface area contributed by atoms with Crippen LogP contribution in [0.2, 0.25) is 0 Å². The predicted octanol–water partition coefficient (Wildman–Crippen LogP) is 3.80. The van der Waals surface area contributed by atoms with Crippen molar-refractivity contribution < 1.29 is 4.79 Å². The number of hydrogen-bond donors (Lipinski definition) is 0. The number of carbonyl (C=O) groups excluding carboxylic acids is 1. The molecule has 3 nitrogen and oxygen atoms in total. The average Bonchev–Trinajstić information content (AvgIpc) is 3.06. The predicted molar refractivity (Wildman–Crippen MR) is 87.2 cm³/mol. The van der Waals surface area contributed by atoms with Gasteiger partial charge >= 0.3 is 0 Å².